The minimum atomic E-state index is -2.19. The fraction of sp³-hybridized carbons (Fsp3) is 0.222. The van der Waals surface area contributed by atoms with E-state index in [2.05, 4.69) is 5.32 Å². The summed E-state index contributed by atoms with van der Waals surface area (Å²) < 4.78 is 0. The molecule has 0 amide bonds. The van der Waals surface area contributed by atoms with E-state index in [9.17, 15) is 0 Å². The maximum absolute atomic E-state index is 9.00. The fourth-order valence-corrected chi connectivity index (χ4v) is 1.29. The van der Waals surface area contributed by atoms with E-state index in [0.29, 0.717) is 4.90 Å². The summed E-state index contributed by atoms with van der Waals surface area (Å²) in [5.41, 5.74) is -4.29. The van der Waals surface area contributed by atoms with E-state index in [4.69, 9.17) is 26.3 Å². The number of nitriles is 5. The second-order valence-corrected chi connectivity index (χ2v) is 2.84. The topological polar surface area (TPSA) is 134 Å². The zero-order valence-electron chi connectivity index (χ0n) is 8.84. The molecule has 1 rings (SSSR count). The summed E-state index contributed by atoms with van der Waals surface area (Å²) in [4.78, 5) is 0.677. The van der Waals surface area contributed by atoms with Gasteiger partial charge in [-0.05, 0) is 0 Å². The molecule has 8 heteroatoms. The van der Waals surface area contributed by atoms with Crippen LogP contribution in [-0.4, -0.2) is 45.5 Å². The molecular formula is C9H3N7Na. The summed E-state index contributed by atoms with van der Waals surface area (Å²) in [5, 5.41) is 47.0. The molecule has 1 heterocycles. The van der Waals surface area contributed by atoms with Crippen LogP contribution in [0.1, 0.15) is 0 Å². The van der Waals surface area contributed by atoms with E-state index in [1.807, 2.05) is 0 Å². The molecule has 0 saturated carbocycles. The minimum Gasteiger partial charge on any atom is -0.357 e. The molecule has 0 aromatic carbocycles. The Morgan fingerprint density at radius 3 is 1.82 bits per heavy atom. The van der Waals surface area contributed by atoms with E-state index in [0.717, 1.165) is 6.20 Å². The molecule has 1 N–H and O–H groups in total. The molecule has 0 aromatic rings. The molecule has 0 saturated heterocycles. The normalized spacial score (nSPS) is 17.7. The van der Waals surface area contributed by atoms with Crippen LogP contribution in [-0.2, 0) is 0 Å². The van der Waals surface area contributed by atoms with Gasteiger partial charge in [0, 0.05) is 42.0 Å². The van der Waals surface area contributed by atoms with Crippen molar-refractivity contribution >= 4 is 29.6 Å². The first kappa shape index (κ1) is 14.8. The van der Waals surface area contributed by atoms with Gasteiger partial charge in [0.05, 0.1) is 0 Å². The predicted molar refractivity (Wildman–Crippen MR) is 53.4 cm³/mol. The zero-order chi connectivity index (χ0) is 12.2. The zero-order valence-corrected chi connectivity index (χ0v) is 10.8. The smallest absolute Gasteiger partial charge is 0.277 e. The Kier molecular flexibility index (Phi) is 4.54. The SMILES string of the molecule is N#CN1C=CNC(C#N)(C#N)C1(C#N)C#N.[Na]. The monoisotopic (exact) mass is 232 g/mol. The average molecular weight is 232 g/mol. The van der Waals surface area contributed by atoms with Gasteiger partial charge in [-0.25, -0.2) is 4.90 Å². The molecule has 75 valence electrons. The molecular weight excluding hydrogens is 229 g/mol. The summed E-state index contributed by atoms with van der Waals surface area (Å²) in [6, 6.07) is 6.21. The second-order valence-electron chi connectivity index (χ2n) is 2.84. The Morgan fingerprint density at radius 2 is 1.47 bits per heavy atom. The van der Waals surface area contributed by atoms with Crippen molar-refractivity contribution in [2.45, 2.75) is 11.1 Å². The van der Waals surface area contributed by atoms with E-state index in [-0.39, 0.29) is 29.6 Å². The van der Waals surface area contributed by atoms with Crippen LogP contribution in [0, 0.1) is 56.8 Å². The van der Waals surface area contributed by atoms with E-state index in [1.165, 1.54) is 6.20 Å². The van der Waals surface area contributed by atoms with Crippen molar-refractivity contribution in [3.8, 4) is 30.5 Å². The molecule has 1 radical (unpaired) electrons. The van der Waals surface area contributed by atoms with Crippen LogP contribution in [0.4, 0.5) is 0 Å². The van der Waals surface area contributed by atoms with E-state index >= 15 is 0 Å². The van der Waals surface area contributed by atoms with Gasteiger partial charge in [-0.2, -0.15) is 26.3 Å². The van der Waals surface area contributed by atoms with Gasteiger partial charge in [0.25, 0.3) is 11.1 Å². The van der Waals surface area contributed by atoms with Gasteiger partial charge in [-0.15, -0.1) is 0 Å². The van der Waals surface area contributed by atoms with Crippen molar-refractivity contribution in [1.29, 1.82) is 26.3 Å². The quantitative estimate of drug-likeness (QED) is 0.419. The van der Waals surface area contributed by atoms with Gasteiger partial charge in [-0.3, -0.25) is 0 Å². The van der Waals surface area contributed by atoms with Gasteiger partial charge in [-0.1, -0.05) is 0 Å². The van der Waals surface area contributed by atoms with Crippen LogP contribution >= 0.6 is 0 Å². The maximum atomic E-state index is 9.00. The molecule has 0 spiro atoms. The molecule has 17 heavy (non-hydrogen) atoms. The van der Waals surface area contributed by atoms with Crippen molar-refractivity contribution in [2.24, 2.45) is 0 Å². The third-order valence-electron chi connectivity index (χ3n) is 2.19. The van der Waals surface area contributed by atoms with Gasteiger partial charge in [0.15, 0.2) is 6.19 Å². The van der Waals surface area contributed by atoms with Gasteiger partial charge >= 0.3 is 0 Å². The Bertz CT molecular complexity index is 516. The van der Waals surface area contributed by atoms with Crippen LogP contribution in [0.3, 0.4) is 0 Å². The summed E-state index contributed by atoms with van der Waals surface area (Å²) in [7, 11) is 0. The summed E-state index contributed by atoms with van der Waals surface area (Å²) in [6.07, 6.45) is 3.87. The summed E-state index contributed by atoms with van der Waals surface area (Å²) in [6.45, 7) is 0. The van der Waals surface area contributed by atoms with Crippen LogP contribution < -0.4 is 5.32 Å². The van der Waals surface area contributed by atoms with Crippen LogP contribution in [0.5, 0.6) is 0 Å². The second kappa shape index (κ2) is 5.22. The minimum absolute atomic E-state index is 0. The Balaban J connectivity index is 0.00000256. The van der Waals surface area contributed by atoms with Gasteiger partial charge in [0.2, 0.25) is 0 Å². The molecule has 0 bridgehead atoms. The first-order valence-corrected chi connectivity index (χ1v) is 3.95. The molecule has 0 fully saturated rings. The Hall–Kier alpha value is -2.21. The third-order valence-corrected chi connectivity index (χ3v) is 2.19. The predicted octanol–water partition coefficient (Wildman–Crippen LogP) is -0.965. The standard InChI is InChI=1S/C9H3N7.Na/c10-3-8(4-11)9(5-12,6-13)16(7-14)2-1-15-8;/h1-2,15H;. The molecule has 0 unspecified atom stereocenters. The van der Waals surface area contributed by atoms with Crippen molar-refractivity contribution in [3.63, 3.8) is 0 Å². The number of rotatable bonds is 0. The summed E-state index contributed by atoms with van der Waals surface area (Å²) >= 11 is 0. The number of nitrogens with one attached hydrogen (secondary N) is 1. The fourth-order valence-electron chi connectivity index (χ4n) is 1.29. The number of hydrogen-bond acceptors (Lipinski definition) is 7. The van der Waals surface area contributed by atoms with Crippen LogP contribution in [0.25, 0.3) is 0 Å². The number of hydrogen-bond donors (Lipinski definition) is 1. The van der Waals surface area contributed by atoms with Crippen molar-refractivity contribution < 1.29 is 0 Å². The maximum Gasteiger partial charge on any atom is 0.277 e. The molecule has 0 aliphatic carbocycles. The molecule has 0 aromatic heterocycles. The van der Waals surface area contributed by atoms with Gasteiger partial charge < -0.3 is 5.32 Å². The average Bonchev–Trinajstić information content (AvgIpc) is 2.37. The van der Waals surface area contributed by atoms with Crippen molar-refractivity contribution in [1.82, 2.24) is 10.2 Å². The van der Waals surface area contributed by atoms with Gasteiger partial charge in [0.1, 0.15) is 24.3 Å². The first-order chi connectivity index (χ1) is 7.66. The van der Waals surface area contributed by atoms with Crippen molar-refractivity contribution in [2.75, 3.05) is 0 Å². The van der Waals surface area contributed by atoms with Crippen molar-refractivity contribution in [3.05, 3.63) is 12.4 Å². The largest absolute Gasteiger partial charge is 0.357 e. The number of nitrogens with zero attached hydrogens (tertiary/aromatic N) is 6. The van der Waals surface area contributed by atoms with Crippen LogP contribution in [0.2, 0.25) is 0 Å². The first-order valence-electron chi connectivity index (χ1n) is 3.95. The Morgan fingerprint density at radius 1 is 0.941 bits per heavy atom. The third kappa shape index (κ3) is 1.68. The van der Waals surface area contributed by atoms with E-state index in [1.54, 1.807) is 30.5 Å². The molecule has 0 atom stereocenters. The summed E-state index contributed by atoms with van der Waals surface area (Å²) in [5.74, 6) is 0. The molecule has 1 aliphatic heterocycles. The molecule has 1 aliphatic rings. The Labute approximate surface area is 120 Å². The van der Waals surface area contributed by atoms with Crippen LogP contribution in [0.15, 0.2) is 12.4 Å². The molecule has 7 nitrogen and oxygen atoms in total. The van der Waals surface area contributed by atoms with E-state index < -0.39 is 11.1 Å².